The molecular formula is C14H13ClN4. The van der Waals surface area contributed by atoms with Crippen LogP contribution in [-0.2, 0) is 6.54 Å². The number of nitrogens with zero attached hydrogens (tertiary/aromatic N) is 3. The van der Waals surface area contributed by atoms with E-state index in [9.17, 15) is 0 Å². The van der Waals surface area contributed by atoms with Crippen molar-refractivity contribution in [1.29, 1.82) is 5.26 Å². The summed E-state index contributed by atoms with van der Waals surface area (Å²) in [6.07, 6.45) is 0. The van der Waals surface area contributed by atoms with Crippen molar-refractivity contribution < 1.29 is 0 Å². The van der Waals surface area contributed by atoms with Crippen LogP contribution in [0.5, 0.6) is 0 Å². The van der Waals surface area contributed by atoms with Crippen LogP contribution in [0.25, 0.3) is 0 Å². The molecule has 96 valence electrons. The van der Waals surface area contributed by atoms with Crippen molar-refractivity contribution in [3.8, 4) is 6.07 Å². The molecule has 0 saturated heterocycles. The molecule has 1 aromatic heterocycles. The van der Waals surface area contributed by atoms with Crippen LogP contribution in [0, 0.1) is 11.3 Å². The van der Waals surface area contributed by atoms with Crippen molar-refractivity contribution >= 4 is 23.1 Å². The number of rotatable bonds is 3. The van der Waals surface area contributed by atoms with Crippen molar-refractivity contribution in [1.82, 2.24) is 4.98 Å². The quantitative estimate of drug-likeness (QED) is 0.933. The SMILES string of the molecule is CN(Cc1cccc(Cl)c1)c1ccc(N)c(C#N)n1. The van der Waals surface area contributed by atoms with Crippen LogP contribution < -0.4 is 10.6 Å². The summed E-state index contributed by atoms with van der Waals surface area (Å²) in [5, 5.41) is 9.62. The van der Waals surface area contributed by atoms with Crippen LogP contribution in [0.3, 0.4) is 0 Å². The van der Waals surface area contributed by atoms with E-state index in [-0.39, 0.29) is 5.69 Å². The highest BCUT2D eigenvalue weighted by molar-refractivity contribution is 6.30. The molecule has 0 aliphatic rings. The fourth-order valence-electron chi connectivity index (χ4n) is 1.75. The number of hydrogen-bond donors (Lipinski definition) is 1. The first-order chi connectivity index (χ1) is 9.10. The number of nitrogens with two attached hydrogens (primary N) is 1. The van der Waals surface area contributed by atoms with Gasteiger partial charge < -0.3 is 10.6 Å². The number of nitrogen functional groups attached to an aromatic ring is 1. The molecule has 19 heavy (non-hydrogen) atoms. The molecule has 1 heterocycles. The van der Waals surface area contributed by atoms with E-state index in [1.165, 1.54) is 0 Å². The van der Waals surface area contributed by atoms with Crippen LogP contribution in [0.4, 0.5) is 11.5 Å². The topological polar surface area (TPSA) is 65.9 Å². The number of halogens is 1. The Balaban J connectivity index is 2.21. The minimum atomic E-state index is 0.246. The normalized spacial score (nSPS) is 9.95. The highest BCUT2D eigenvalue weighted by atomic mass is 35.5. The number of nitriles is 1. The molecule has 0 aliphatic heterocycles. The van der Waals surface area contributed by atoms with Gasteiger partial charge in [-0.25, -0.2) is 4.98 Å². The van der Waals surface area contributed by atoms with E-state index in [1.54, 1.807) is 12.1 Å². The largest absolute Gasteiger partial charge is 0.396 e. The summed E-state index contributed by atoms with van der Waals surface area (Å²) in [6.45, 7) is 0.655. The third kappa shape index (κ3) is 3.15. The summed E-state index contributed by atoms with van der Waals surface area (Å²) in [7, 11) is 1.90. The van der Waals surface area contributed by atoms with Gasteiger partial charge in [-0.05, 0) is 29.8 Å². The number of hydrogen-bond acceptors (Lipinski definition) is 4. The lowest BCUT2D eigenvalue weighted by atomic mass is 10.2. The summed E-state index contributed by atoms with van der Waals surface area (Å²) in [5.74, 6) is 0.700. The molecule has 0 atom stereocenters. The Bertz CT molecular complexity index is 634. The zero-order valence-corrected chi connectivity index (χ0v) is 11.2. The van der Waals surface area contributed by atoms with Crippen LogP contribution >= 0.6 is 11.6 Å². The highest BCUT2D eigenvalue weighted by Crippen LogP contribution is 2.18. The number of anilines is 2. The molecule has 0 fully saturated rings. The van der Waals surface area contributed by atoms with Gasteiger partial charge in [0.05, 0.1) is 5.69 Å². The van der Waals surface area contributed by atoms with Crippen molar-refractivity contribution in [3.05, 3.63) is 52.7 Å². The second-order valence-corrected chi connectivity index (χ2v) is 4.64. The second kappa shape index (κ2) is 5.59. The molecule has 0 radical (unpaired) electrons. The van der Waals surface area contributed by atoms with Crippen molar-refractivity contribution in [2.24, 2.45) is 0 Å². The molecule has 0 amide bonds. The Morgan fingerprint density at radius 2 is 2.16 bits per heavy atom. The van der Waals surface area contributed by atoms with Gasteiger partial charge in [-0.3, -0.25) is 0 Å². The van der Waals surface area contributed by atoms with Gasteiger partial charge in [0.2, 0.25) is 0 Å². The average molecular weight is 273 g/mol. The summed E-state index contributed by atoms with van der Waals surface area (Å²) in [4.78, 5) is 6.15. The van der Waals surface area contributed by atoms with E-state index in [2.05, 4.69) is 4.98 Å². The van der Waals surface area contributed by atoms with E-state index in [4.69, 9.17) is 22.6 Å². The van der Waals surface area contributed by atoms with E-state index in [0.717, 1.165) is 5.56 Å². The standard InChI is InChI=1S/C14H13ClN4/c1-19(9-10-3-2-4-11(15)7-10)14-6-5-12(17)13(8-16)18-14/h2-7H,9,17H2,1H3. The maximum atomic E-state index is 8.92. The maximum absolute atomic E-state index is 8.92. The molecule has 0 aliphatic carbocycles. The molecule has 2 N–H and O–H groups in total. The zero-order valence-electron chi connectivity index (χ0n) is 10.5. The van der Waals surface area contributed by atoms with Gasteiger partial charge in [-0.2, -0.15) is 5.26 Å². The van der Waals surface area contributed by atoms with Gasteiger partial charge in [-0.1, -0.05) is 23.7 Å². The summed E-state index contributed by atoms with van der Waals surface area (Å²) >= 11 is 5.95. The Hall–Kier alpha value is -2.25. The summed E-state index contributed by atoms with van der Waals surface area (Å²) < 4.78 is 0. The third-order valence-electron chi connectivity index (χ3n) is 2.72. The Kier molecular flexibility index (Phi) is 3.88. The number of aromatic nitrogens is 1. The van der Waals surface area contributed by atoms with Gasteiger partial charge in [0.1, 0.15) is 11.9 Å². The minimum absolute atomic E-state index is 0.246. The molecule has 1 aromatic carbocycles. The maximum Gasteiger partial charge on any atom is 0.165 e. The summed E-state index contributed by atoms with van der Waals surface area (Å²) in [6, 6.07) is 13.1. The third-order valence-corrected chi connectivity index (χ3v) is 2.95. The predicted octanol–water partition coefficient (Wildman–Crippen LogP) is 2.83. The second-order valence-electron chi connectivity index (χ2n) is 4.21. The zero-order chi connectivity index (χ0) is 13.8. The number of benzene rings is 1. The monoisotopic (exact) mass is 272 g/mol. The molecule has 0 bridgehead atoms. The van der Waals surface area contributed by atoms with Crippen molar-refractivity contribution in [2.75, 3.05) is 17.7 Å². The molecule has 0 spiro atoms. The van der Waals surface area contributed by atoms with Crippen LogP contribution in [0.2, 0.25) is 5.02 Å². The van der Waals surface area contributed by atoms with Crippen LogP contribution in [0.15, 0.2) is 36.4 Å². The predicted molar refractivity (Wildman–Crippen MR) is 76.9 cm³/mol. The molecule has 5 heteroatoms. The molecule has 0 saturated carbocycles. The van der Waals surface area contributed by atoms with Gasteiger partial charge in [0.15, 0.2) is 5.69 Å². The molecule has 2 aromatic rings. The summed E-state index contributed by atoms with van der Waals surface area (Å²) in [5.41, 5.74) is 7.36. The lowest BCUT2D eigenvalue weighted by Crippen LogP contribution is -2.18. The fraction of sp³-hybridized carbons (Fsp3) is 0.143. The highest BCUT2D eigenvalue weighted by Gasteiger charge is 2.07. The van der Waals surface area contributed by atoms with Crippen LogP contribution in [0.1, 0.15) is 11.3 Å². The molecule has 4 nitrogen and oxygen atoms in total. The first-order valence-corrected chi connectivity index (χ1v) is 6.10. The van der Waals surface area contributed by atoms with E-state index in [0.29, 0.717) is 23.1 Å². The average Bonchev–Trinajstić information content (AvgIpc) is 2.39. The first-order valence-electron chi connectivity index (χ1n) is 5.72. The minimum Gasteiger partial charge on any atom is -0.396 e. The van der Waals surface area contributed by atoms with E-state index < -0.39 is 0 Å². The Morgan fingerprint density at radius 3 is 2.84 bits per heavy atom. The van der Waals surface area contributed by atoms with Gasteiger partial charge >= 0.3 is 0 Å². The first kappa shape index (κ1) is 13.2. The molecule has 2 rings (SSSR count). The van der Waals surface area contributed by atoms with Gasteiger partial charge in [0.25, 0.3) is 0 Å². The van der Waals surface area contributed by atoms with E-state index >= 15 is 0 Å². The smallest absolute Gasteiger partial charge is 0.165 e. The number of pyridine rings is 1. The van der Waals surface area contributed by atoms with Crippen molar-refractivity contribution in [3.63, 3.8) is 0 Å². The van der Waals surface area contributed by atoms with E-state index in [1.807, 2.05) is 42.3 Å². The lowest BCUT2D eigenvalue weighted by molar-refractivity contribution is 0.896. The fourth-order valence-corrected chi connectivity index (χ4v) is 1.96. The Labute approximate surface area is 117 Å². The molecule has 0 unspecified atom stereocenters. The van der Waals surface area contributed by atoms with Crippen LogP contribution in [-0.4, -0.2) is 12.0 Å². The molecular weight excluding hydrogens is 260 g/mol. The van der Waals surface area contributed by atoms with Gasteiger partial charge in [0, 0.05) is 18.6 Å². The van der Waals surface area contributed by atoms with Crippen molar-refractivity contribution in [2.45, 2.75) is 6.54 Å². The lowest BCUT2D eigenvalue weighted by Gasteiger charge is -2.18. The Morgan fingerprint density at radius 1 is 1.37 bits per heavy atom. The van der Waals surface area contributed by atoms with Gasteiger partial charge in [-0.15, -0.1) is 0 Å².